The maximum atomic E-state index is 6.00. The minimum Gasteiger partial charge on any atom is -0.377 e. The van der Waals surface area contributed by atoms with Gasteiger partial charge in [0, 0.05) is 12.6 Å². The third-order valence-electron chi connectivity index (χ3n) is 4.01. The molecule has 1 fully saturated rings. The van der Waals surface area contributed by atoms with Crippen molar-refractivity contribution >= 4 is 0 Å². The zero-order chi connectivity index (χ0) is 13.2. The smallest absolute Gasteiger partial charge is 0.0769 e. The molecule has 0 aromatic heterocycles. The molecule has 0 radical (unpaired) electrons. The monoisotopic (exact) mass is 254 g/mol. The normalized spacial score (nSPS) is 20.6. The van der Waals surface area contributed by atoms with Gasteiger partial charge in [0.15, 0.2) is 0 Å². The molecular weight excluding hydrogens is 224 g/mol. The molecule has 1 rings (SSSR count). The van der Waals surface area contributed by atoms with Crippen molar-refractivity contribution in [2.45, 2.75) is 70.4 Å². The van der Waals surface area contributed by atoms with Crippen LogP contribution in [0.5, 0.6) is 0 Å². The lowest BCUT2D eigenvalue weighted by atomic mass is 9.81. The molecule has 0 aromatic rings. The number of hydrazine groups is 1. The maximum absolute atomic E-state index is 6.00. The Morgan fingerprint density at radius 3 is 2.67 bits per heavy atom. The summed E-state index contributed by atoms with van der Waals surface area (Å²) >= 11 is 0. The van der Waals surface area contributed by atoms with E-state index in [9.17, 15) is 0 Å². The van der Waals surface area contributed by atoms with Crippen LogP contribution in [0, 0.1) is 5.92 Å². The lowest BCUT2D eigenvalue weighted by Gasteiger charge is -2.35. The van der Waals surface area contributed by atoms with Crippen LogP contribution in [0.3, 0.4) is 0 Å². The quantitative estimate of drug-likeness (QED) is 0.287. The van der Waals surface area contributed by atoms with Gasteiger partial charge in [0.1, 0.15) is 0 Å². The fraction of sp³-hybridized carbons (Fsp3) is 0.867. The molecule has 0 spiro atoms. The summed E-state index contributed by atoms with van der Waals surface area (Å²) in [6.07, 6.45) is 12.2. The van der Waals surface area contributed by atoms with Crippen molar-refractivity contribution in [1.29, 1.82) is 0 Å². The van der Waals surface area contributed by atoms with Crippen LogP contribution in [0.4, 0.5) is 0 Å². The van der Waals surface area contributed by atoms with Gasteiger partial charge in [-0.1, -0.05) is 25.3 Å². The van der Waals surface area contributed by atoms with Crippen LogP contribution in [-0.4, -0.2) is 18.8 Å². The summed E-state index contributed by atoms with van der Waals surface area (Å²) in [7, 11) is 0. The second kappa shape index (κ2) is 9.54. The highest BCUT2D eigenvalue weighted by atomic mass is 16.5. The molecule has 0 amide bonds. The van der Waals surface area contributed by atoms with Crippen LogP contribution in [-0.2, 0) is 4.74 Å². The number of unbranched alkanes of at least 4 members (excludes halogenated alkanes) is 1. The average Bonchev–Trinajstić information content (AvgIpc) is 2.43. The topological polar surface area (TPSA) is 47.3 Å². The van der Waals surface area contributed by atoms with Gasteiger partial charge in [-0.25, -0.2) is 0 Å². The largest absolute Gasteiger partial charge is 0.377 e. The molecule has 1 aliphatic carbocycles. The van der Waals surface area contributed by atoms with E-state index in [-0.39, 0.29) is 12.1 Å². The van der Waals surface area contributed by atoms with Gasteiger partial charge in [-0.2, -0.15) is 0 Å². The Labute approximate surface area is 112 Å². The van der Waals surface area contributed by atoms with Crippen molar-refractivity contribution < 1.29 is 4.74 Å². The van der Waals surface area contributed by atoms with Gasteiger partial charge in [0.05, 0.1) is 6.10 Å². The number of allylic oxidation sites excluding steroid dienone is 1. The summed E-state index contributed by atoms with van der Waals surface area (Å²) in [6.45, 7) is 6.63. The second-order valence-corrected chi connectivity index (χ2v) is 5.31. The van der Waals surface area contributed by atoms with Crippen LogP contribution in [0.1, 0.15) is 58.3 Å². The van der Waals surface area contributed by atoms with Gasteiger partial charge in [-0.05, 0) is 44.9 Å². The van der Waals surface area contributed by atoms with Gasteiger partial charge >= 0.3 is 0 Å². The fourth-order valence-electron chi connectivity index (χ4n) is 3.06. The standard InChI is InChI=1S/C15H30N2O/c1-3-5-7-12-14(17-16)15(18-4-2)13-10-8-6-9-11-13/h3,13-15,17H,1,4-12,16H2,2H3. The van der Waals surface area contributed by atoms with Crippen LogP contribution in [0.25, 0.3) is 0 Å². The Balaban J connectivity index is 2.51. The fourth-order valence-corrected chi connectivity index (χ4v) is 3.06. The minimum atomic E-state index is 0.283. The van der Waals surface area contributed by atoms with E-state index in [0.29, 0.717) is 5.92 Å². The first-order valence-corrected chi connectivity index (χ1v) is 7.52. The van der Waals surface area contributed by atoms with Crippen LogP contribution >= 0.6 is 0 Å². The minimum absolute atomic E-state index is 0.283. The van der Waals surface area contributed by atoms with E-state index < -0.39 is 0 Å². The van der Waals surface area contributed by atoms with Crippen molar-refractivity contribution in [3.8, 4) is 0 Å². The third-order valence-corrected chi connectivity index (χ3v) is 4.01. The molecule has 1 saturated carbocycles. The zero-order valence-electron chi connectivity index (χ0n) is 11.9. The first-order chi connectivity index (χ1) is 8.83. The molecule has 2 atom stereocenters. The molecule has 3 N–H and O–H groups in total. The molecule has 0 bridgehead atoms. The van der Waals surface area contributed by atoms with Crippen molar-refractivity contribution in [3.63, 3.8) is 0 Å². The first kappa shape index (κ1) is 15.7. The molecule has 0 heterocycles. The number of rotatable bonds is 9. The van der Waals surface area contributed by atoms with E-state index in [1.807, 2.05) is 6.08 Å². The molecule has 2 unspecified atom stereocenters. The van der Waals surface area contributed by atoms with E-state index >= 15 is 0 Å². The van der Waals surface area contributed by atoms with E-state index in [1.165, 1.54) is 32.1 Å². The van der Waals surface area contributed by atoms with Crippen LogP contribution in [0.2, 0.25) is 0 Å². The Morgan fingerprint density at radius 1 is 1.39 bits per heavy atom. The van der Waals surface area contributed by atoms with Crippen molar-refractivity contribution in [2.75, 3.05) is 6.61 Å². The molecule has 1 aliphatic rings. The molecule has 0 aliphatic heterocycles. The zero-order valence-corrected chi connectivity index (χ0v) is 11.9. The summed E-state index contributed by atoms with van der Waals surface area (Å²) in [6, 6.07) is 0.285. The Kier molecular flexibility index (Phi) is 8.31. The third kappa shape index (κ3) is 5.09. The second-order valence-electron chi connectivity index (χ2n) is 5.31. The van der Waals surface area contributed by atoms with Gasteiger partial charge < -0.3 is 4.74 Å². The van der Waals surface area contributed by atoms with E-state index in [0.717, 1.165) is 25.9 Å². The summed E-state index contributed by atoms with van der Waals surface area (Å²) in [5, 5.41) is 0. The molecule has 3 nitrogen and oxygen atoms in total. The molecule has 3 heteroatoms. The summed E-state index contributed by atoms with van der Waals surface area (Å²) in [5.74, 6) is 6.42. The molecule has 106 valence electrons. The van der Waals surface area contributed by atoms with Crippen LogP contribution in [0.15, 0.2) is 12.7 Å². The summed E-state index contributed by atoms with van der Waals surface area (Å²) < 4.78 is 6.00. The first-order valence-electron chi connectivity index (χ1n) is 7.52. The number of nitrogens with one attached hydrogen (secondary N) is 1. The highest BCUT2D eigenvalue weighted by Crippen LogP contribution is 2.30. The number of hydrogen-bond donors (Lipinski definition) is 2. The highest BCUT2D eigenvalue weighted by molar-refractivity contribution is 4.84. The number of hydrogen-bond acceptors (Lipinski definition) is 3. The predicted molar refractivity (Wildman–Crippen MR) is 77.1 cm³/mol. The molecular formula is C15H30N2O. The van der Waals surface area contributed by atoms with Crippen molar-refractivity contribution in [2.24, 2.45) is 11.8 Å². The van der Waals surface area contributed by atoms with Crippen molar-refractivity contribution in [3.05, 3.63) is 12.7 Å². The molecule has 0 aromatic carbocycles. The van der Waals surface area contributed by atoms with E-state index in [2.05, 4.69) is 18.9 Å². The van der Waals surface area contributed by atoms with Crippen molar-refractivity contribution in [1.82, 2.24) is 5.43 Å². The van der Waals surface area contributed by atoms with Crippen LogP contribution < -0.4 is 11.3 Å². The summed E-state index contributed by atoms with van der Waals surface area (Å²) in [5.41, 5.74) is 2.98. The Hall–Kier alpha value is -0.380. The number of ether oxygens (including phenoxy) is 1. The van der Waals surface area contributed by atoms with Gasteiger partial charge in [-0.15, -0.1) is 6.58 Å². The predicted octanol–water partition coefficient (Wildman–Crippen LogP) is 3.16. The SMILES string of the molecule is C=CCCCC(NN)C(OCC)C1CCCCC1. The van der Waals surface area contributed by atoms with Gasteiger partial charge in [0.2, 0.25) is 0 Å². The Bertz CT molecular complexity index is 215. The van der Waals surface area contributed by atoms with E-state index in [4.69, 9.17) is 10.6 Å². The molecule has 0 saturated heterocycles. The lowest BCUT2D eigenvalue weighted by molar-refractivity contribution is -0.0197. The highest BCUT2D eigenvalue weighted by Gasteiger charge is 2.30. The maximum Gasteiger partial charge on any atom is 0.0769 e. The average molecular weight is 254 g/mol. The summed E-state index contributed by atoms with van der Waals surface area (Å²) in [4.78, 5) is 0. The van der Waals surface area contributed by atoms with Gasteiger partial charge in [0.25, 0.3) is 0 Å². The van der Waals surface area contributed by atoms with Gasteiger partial charge in [-0.3, -0.25) is 11.3 Å². The molecule has 18 heavy (non-hydrogen) atoms. The number of nitrogens with two attached hydrogens (primary N) is 1. The van der Waals surface area contributed by atoms with E-state index in [1.54, 1.807) is 0 Å². The lowest BCUT2D eigenvalue weighted by Crippen LogP contribution is -2.49. The Morgan fingerprint density at radius 2 is 2.11 bits per heavy atom.